The van der Waals surface area contributed by atoms with Gasteiger partial charge in [-0.2, -0.15) is 0 Å². The Labute approximate surface area is 139 Å². The van der Waals surface area contributed by atoms with Gasteiger partial charge in [0.15, 0.2) is 0 Å². The molecule has 1 N–H and O–H groups in total. The first-order chi connectivity index (χ1) is 11.6. The predicted molar refractivity (Wildman–Crippen MR) is 94.7 cm³/mol. The first-order valence-electron chi connectivity index (χ1n) is 7.93. The highest BCUT2D eigenvalue weighted by atomic mass is 15.1. The minimum Gasteiger partial charge on any atom is -0.346 e. The monoisotopic (exact) mass is 315 g/mol. The second kappa shape index (κ2) is 5.50. The van der Waals surface area contributed by atoms with Crippen molar-refractivity contribution < 1.29 is 0 Å². The minimum atomic E-state index is 0.327. The third-order valence-corrected chi connectivity index (χ3v) is 4.07. The van der Waals surface area contributed by atoms with Crippen molar-refractivity contribution in [2.24, 2.45) is 0 Å². The van der Waals surface area contributed by atoms with Crippen LogP contribution in [-0.2, 0) is 0 Å². The molecule has 0 spiro atoms. The highest BCUT2D eigenvalue weighted by Gasteiger charge is 2.12. The van der Waals surface area contributed by atoms with E-state index in [1.165, 1.54) is 6.33 Å². The molecule has 0 saturated heterocycles. The fourth-order valence-corrected chi connectivity index (χ4v) is 3.10. The number of hydrogen-bond donors (Lipinski definition) is 1. The van der Waals surface area contributed by atoms with Gasteiger partial charge in [0.25, 0.3) is 0 Å². The Morgan fingerprint density at radius 1 is 1.12 bits per heavy atom. The fraction of sp³-hybridized carbons (Fsp3) is 0.211. The number of hydrogen-bond acceptors (Lipinski definition) is 3. The van der Waals surface area contributed by atoms with E-state index in [0.29, 0.717) is 6.04 Å². The van der Waals surface area contributed by atoms with Crippen LogP contribution < -0.4 is 0 Å². The number of H-pyrrole nitrogens is 1. The number of rotatable bonds is 1. The fourth-order valence-electron chi connectivity index (χ4n) is 3.10. The highest BCUT2D eigenvalue weighted by Crippen LogP contribution is 2.24. The van der Waals surface area contributed by atoms with Gasteiger partial charge in [-0.1, -0.05) is 12.0 Å². The molecular weight excluding hydrogens is 298 g/mol. The standard InChI is InChI=1S/C19H17N5/c1-12(2)24-13(3)23-17-6-4-5-14(18(17)24)7-8-16-15-9-10-20-19(15)22-11-21-16/h4-6,9-12H,1-3H3,(H,20,21,22). The molecule has 0 amide bonds. The van der Waals surface area contributed by atoms with Crippen LogP contribution >= 0.6 is 0 Å². The van der Waals surface area contributed by atoms with E-state index in [1.807, 2.05) is 37.4 Å². The predicted octanol–water partition coefficient (Wildman–Crippen LogP) is 3.60. The first-order valence-corrected chi connectivity index (χ1v) is 7.93. The van der Waals surface area contributed by atoms with Crippen molar-refractivity contribution >= 4 is 22.1 Å². The Balaban J connectivity index is 1.91. The Morgan fingerprint density at radius 3 is 2.83 bits per heavy atom. The maximum absolute atomic E-state index is 4.66. The highest BCUT2D eigenvalue weighted by molar-refractivity contribution is 5.84. The van der Waals surface area contributed by atoms with Crippen molar-refractivity contribution in [3.63, 3.8) is 0 Å². The zero-order chi connectivity index (χ0) is 16.7. The van der Waals surface area contributed by atoms with E-state index in [4.69, 9.17) is 0 Å². The lowest BCUT2D eigenvalue weighted by molar-refractivity contribution is 0.599. The Bertz CT molecular complexity index is 1110. The summed E-state index contributed by atoms with van der Waals surface area (Å²) >= 11 is 0. The van der Waals surface area contributed by atoms with Gasteiger partial charge in [-0.15, -0.1) is 0 Å². The summed E-state index contributed by atoms with van der Waals surface area (Å²) < 4.78 is 2.23. The van der Waals surface area contributed by atoms with E-state index in [2.05, 4.69) is 50.2 Å². The summed E-state index contributed by atoms with van der Waals surface area (Å²) in [4.78, 5) is 16.2. The van der Waals surface area contributed by atoms with Gasteiger partial charge in [0.1, 0.15) is 23.5 Å². The molecule has 118 valence electrons. The van der Waals surface area contributed by atoms with Crippen molar-refractivity contribution in [2.75, 3.05) is 0 Å². The number of nitrogens with zero attached hydrogens (tertiary/aromatic N) is 4. The maximum Gasteiger partial charge on any atom is 0.141 e. The van der Waals surface area contributed by atoms with Gasteiger partial charge in [0.2, 0.25) is 0 Å². The molecular formula is C19H17N5. The van der Waals surface area contributed by atoms with E-state index < -0.39 is 0 Å². The number of fused-ring (bicyclic) bond motifs is 2. The van der Waals surface area contributed by atoms with Crippen LogP contribution in [-0.4, -0.2) is 24.5 Å². The zero-order valence-electron chi connectivity index (χ0n) is 13.8. The van der Waals surface area contributed by atoms with Crippen molar-refractivity contribution in [3.05, 3.63) is 53.9 Å². The number of benzene rings is 1. The van der Waals surface area contributed by atoms with Crippen molar-refractivity contribution in [3.8, 4) is 11.8 Å². The Kier molecular flexibility index (Phi) is 3.31. The molecule has 4 rings (SSSR count). The number of aromatic nitrogens is 5. The van der Waals surface area contributed by atoms with E-state index >= 15 is 0 Å². The van der Waals surface area contributed by atoms with E-state index in [0.717, 1.165) is 39.1 Å². The smallest absolute Gasteiger partial charge is 0.141 e. The number of imidazole rings is 1. The molecule has 0 unspecified atom stereocenters. The lowest BCUT2D eigenvalue weighted by atomic mass is 10.1. The first kappa shape index (κ1) is 14.5. The summed E-state index contributed by atoms with van der Waals surface area (Å²) in [5.41, 5.74) is 4.55. The van der Waals surface area contributed by atoms with Crippen LogP contribution in [0.2, 0.25) is 0 Å². The second-order valence-corrected chi connectivity index (χ2v) is 6.01. The molecule has 5 nitrogen and oxygen atoms in total. The molecule has 0 aliphatic rings. The van der Waals surface area contributed by atoms with Crippen LogP contribution in [0.1, 0.15) is 37.0 Å². The van der Waals surface area contributed by atoms with Crippen LogP contribution in [0.3, 0.4) is 0 Å². The van der Waals surface area contributed by atoms with Gasteiger partial charge in [-0.3, -0.25) is 0 Å². The van der Waals surface area contributed by atoms with Crippen LogP contribution in [0.4, 0.5) is 0 Å². The van der Waals surface area contributed by atoms with E-state index in [9.17, 15) is 0 Å². The van der Waals surface area contributed by atoms with Crippen LogP contribution in [0.5, 0.6) is 0 Å². The molecule has 4 aromatic rings. The molecule has 1 aromatic carbocycles. The SMILES string of the molecule is Cc1nc2cccc(C#Cc3ncnc4[nH]ccc34)c2n1C(C)C. The summed E-state index contributed by atoms with van der Waals surface area (Å²) in [6, 6.07) is 8.33. The normalized spacial score (nSPS) is 11.2. The molecule has 0 aliphatic heterocycles. The van der Waals surface area contributed by atoms with Crippen molar-refractivity contribution in [1.29, 1.82) is 0 Å². The van der Waals surface area contributed by atoms with Gasteiger partial charge in [-0.25, -0.2) is 15.0 Å². The number of para-hydroxylation sites is 1. The van der Waals surface area contributed by atoms with Gasteiger partial charge < -0.3 is 9.55 Å². The largest absolute Gasteiger partial charge is 0.346 e. The second-order valence-electron chi connectivity index (χ2n) is 6.01. The third-order valence-electron chi connectivity index (χ3n) is 4.07. The molecule has 0 radical (unpaired) electrons. The summed E-state index contributed by atoms with van der Waals surface area (Å²) in [7, 11) is 0. The molecule has 0 aliphatic carbocycles. The molecule has 0 saturated carbocycles. The number of aryl methyl sites for hydroxylation is 1. The van der Waals surface area contributed by atoms with Crippen molar-refractivity contribution in [2.45, 2.75) is 26.8 Å². The lowest BCUT2D eigenvalue weighted by Gasteiger charge is -2.11. The molecule has 0 atom stereocenters. The van der Waals surface area contributed by atoms with Crippen LogP contribution in [0.15, 0.2) is 36.8 Å². The van der Waals surface area contributed by atoms with Gasteiger partial charge in [0, 0.05) is 12.2 Å². The van der Waals surface area contributed by atoms with Crippen LogP contribution in [0.25, 0.3) is 22.1 Å². The quantitative estimate of drug-likeness (QED) is 0.546. The van der Waals surface area contributed by atoms with E-state index in [-0.39, 0.29) is 0 Å². The number of aromatic amines is 1. The molecule has 3 aromatic heterocycles. The molecule has 5 heteroatoms. The molecule has 0 fully saturated rings. The Morgan fingerprint density at radius 2 is 2.00 bits per heavy atom. The zero-order valence-corrected chi connectivity index (χ0v) is 13.8. The summed E-state index contributed by atoms with van der Waals surface area (Å²) in [5.74, 6) is 7.48. The average Bonchev–Trinajstić information content (AvgIpc) is 3.16. The average molecular weight is 315 g/mol. The molecule has 3 heterocycles. The van der Waals surface area contributed by atoms with Gasteiger partial charge >= 0.3 is 0 Å². The third kappa shape index (κ3) is 2.24. The molecule has 0 bridgehead atoms. The summed E-state index contributed by atoms with van der Waals surface area (Å²) in [6.45, 7) is 6.35. The van der Waals surface area contributed by atoms with E-state index in [1.54, 1.807) is 0 Å². The van der Waals surface area contributed by atoms with Crippen molar-refractivity contribution in [1.82, 2.24) is 24.5 Å². The summed E-state index contributed by atoms with van der Waals surface area (Å²) in [5, 5.41) is 0.936. The van der Waals surface area contributed by atoms with Gasteiger partial charge in [0.05, 0.1) is 22.0 Å². The van der Waals surface area contributed by atoms with Gasteiger partial charge in [-0.05, 0) is 44.9 Å². The maximum atomic E-state index is 4.66. The number of nitrogens with one attached hydrogen (secondary N) is 1. The Hall–Kier alpha value is -3.13. The molecule has 24 heavy (non-hydrogen) atoms. The summed E-state index contributed by atoms with van der Waals surface area (Å²) in [6.07, 6.45) is 3.38. The topological polar surface area (TPSA) is 59.4 Å². The lowest BCUT2D eigenvalue weighted by Crippen LogP contribution is -2.03. The van der Waals surface area contributed by atoms with Crippen LogP contribution in [0, 0.1) is 18.8 Å². The minimum absolute atomic E-state index is 0.327.